The highest BCUT2D eigenvalue weighted by molar-refractivity contribution is 5.73. The Hall–Kier alpha value is -2.31. The average Bonchev–Trinajstić information content (AvgIpc) is 3.14. The van der Waals surface area contributed by atoms with Gasteiger partial charge in [0, 0.05) is 50.0 Å². The van der Waals surface area contributed by atoms with Crippen molar-refractivity contribution in [1.82, 2.24) is 29.7 Å². The lowest BCUT2D eigenvalue weighted by Crippen LogP contribution is -2.40. The summed E-state index contributed by atoms with van der Waals surface area (Å²) < 4.78 is 3.91. The molecular weight excluding hydrogens is 256 g/mol. The van der Waals surface area contributed by atoms with Crippen LogP contribution in [0.5, 0.6) is 0 Å². The van der Waals surface area contributed by atoms with Crippen LogP contribution in [0, 0.1) is 0 Å². The number of carbonyl (C=O) groups is 1. The molecule has 7 heteroatoms. The number of aromatic nitrogens is 4. The Morgan fingerprint density at radius 1 is 1.00 bits per heavy atom. The molecule has 0 saturated heterocycles. The summed E-state index contributed by atoms with van der Waals surface area (Å²) in [5.74, 6) is 0. The van der Waals surface area contributed by atoms with Crippen molar-refractivity contribution in [2.24, 2.45) is 0 Å². The van der Waals surface area contributed by atoms with E-state index in [1.165, 1.54) is 0 Å². The number of imidazole rings is 2. The zero-order valence-electron chi connectivity index (χ0n) is 11.7. The first kappa shape index (κ1) is 14.1. The first-order valence-electron chi connectivity index (χ1n) is 6.63. The summed E-state index contributed by atoms with van der Waals surface area (Å²) in [5.41, 5.74) is 0. The van der Waals surface area contributed by atoms with E-state index in [1.807, 2.05) is 35.4 Å². The van der Waals surface area contributed by atoms with Gasteiger partial charge in [0.05, 0.1) is 12.7 Å². The van der Waals surface area contributed by atoms with E-state index in [-0.39, 0.29) is 18.1 Å². The Morgan fingerprint density at radius 3 is 1.80 bits per heavy atom. The van der Waals surface area contributed by atoms with Gasteiger partial charge in [0.15, 0.2) is 0 Å². The van der Waals surface area contributed by atoms with Crippen LogP contribution in [0.25, 0.3) is 0 Å². The molecule has 7 nitrogen and oxygen atoms in total. The first-order chi connectivity index (χ1) is 9.66. The molecule has 2 N–H and O–H groups in total. The van der Waals surface area contributed by atoms with Crippen molar-refractivity contribution in [3.8, 4) is 0 Å². The third-order valence-corrected chi connectivity index (χ3v) is 3.18. The number of nitrogens with zero attached hydrogens (tertiary/aromatic N) is 4. The minimum Gasteiger partial charge on any atom is -0.336 e. The molecule has 108 valence electrons. The lowest BCUT2D eigenvalue weighted by molar-refractivity contribution is 0.237. The smallest absolute Gasteiger partial charge is 0.314 e. The van der Waals surface area contributed by atoms with Gasteiger partial charge >= 0.3 is 6.03 Å². The molecule has 0 aliphatic heterocycles. The first-order valence-corrected chi connectivity index (χ1v) is 6.63. The van der Waals surface area contributed by atoms with E-state index in [4.69, 9.17) is 0 Å². The summed E-state index contributed by atoms with van der Waals surface area (Å²) in [5, 5.41) is 5.70. The van der Waals surface area contributed by atoms with Crippen LogP contribution in [0.2, 0.25) is 0 Å². The van der Waals surface area contributed by atoms with Gasteiger partial charge in [0.1, 0.15) is 0 Å². The van der Waals surface area contributed by atoms with Crippen LogP contribution in [0.1, 0.15) is 25.9 Å². The monoisotopic (exact) mass is 276 g/mol. The molecule has 20 heavy (non-hydrogen) atoms. The SMILES string of the molecule is CC(CNC(=O)NCC(C)n1ccnc1)n1ccnc1. The van der Waals surface area contributed by atoms with Crippen LogP contribution in [0.4, 0.5) is 4.79 Å². The van der Waals surface area contributed by atoms with Gasteiger partial charge in [-0.2, -0.15) is 0 Å². The zero-order valence-corrected chi connectivity index (χ0v) is 11.7. The maximum Gasteiger partial charge on any atom is 0.314 e. The Labute approximate surface area is 118 Å². The fourth-order valence-electron chi connectivity index (χ4n) is 1.81. The molecule has 2 amide bonds. The minimum absolute atomic E-state index is 0.163. The second-order valence-electron chi connectivity index (χ2n) is 4.81. The molecule has 2 rings (SSSR count). The lowest BCUT2D eigenvalue weighted by Gasteiger charge is -2.16. The Bertz CT molecular complexity index is 461. The maximum absolute atomic E-state index is 11.7. The number of rotatable bonds is 6. The van der Waals surface area contributed by atoms with Crippen molar-refractivity contribution < 1.29 is 4.79 Å². The lowest BCUT2D eigenvalue weighted by atomic mass is 10.3. The molecule has 0 aliphatic carbocycles. The molecule has 2 unspecified atom stereocenters. The van der Waals surface area contributed by atoms with Gasteiger partial charge in [-0.05, 0) is 13.8 Å². The largest absolute Gasteiger partial charge is 0.336 e. The molecule has 0 spiro atoms. The van der Waals surface area contributed by atoms with Crippen LogP contribution in [-0.2, 0) is 0 Å². The number of urea groups is 1. The predicted molar refractivity (Wildman–Crippen MR) is 75.3 cm³/mol. The van der Waals surface area contributed by atoms with Crippen LogP contribution >= 0.6 is 0 Å². The van der Waals surface area contributed by atoms with Gasteiger partial charge < -0.3 is 19.8 Å². The van der Waals surface area contributed by atoms with E-state index in [0.29, 0.717) is 13.1 Å². The summed E-state index contributed by atoms with van der Waals surface area (Å²) >= 11 is 0. The van der Waals surface area contributed by atoms with Gasteiger partial charge in [0.2, 0.25) is 0 Å². The third-order valence-electron chi connectivity index (χ3n) is 3.18. The molecular formula is C13H20N6O. The molecule has 0 fully saturated rings. The fraction of sp³-hybridized carbons (Fsp3) is 0.462. The topological polar surface area (TPSA) is 76.8 Å². The van der Waals surface area contributed by atoms with E-state index in [2.05, 4.69) is 20.6 Å². The van der Waals surface area contributed by atoms with Crippen LogP contribution < -0.4 is 10.6 Å². The van der Waals surface area contributed by atoms with Crippen LogP contribution in [0.15, 0.2) is 37.4 Å². The normalized spacial score (nSPS) is 13.7. The summed E-state index contributed by atoms with van der Waals surface area (Å²) in [6.45, 7) is 5.16. The quantitative estimate of drug-likeness (QED) is 0.832. The number of nitrogens with one attached hydrogen (secondary N) is 2. The van der Waals surface area contributed by atoms with Crippen molar-refractivity contribution >= 4 is 6.03 Å². The highest BCUT2D eigenvalue weighted by Gasteiger charge is 2.08. The van der Waals surface area contributed by atoms with Gasteiger partial charge in [-0.3, -0.25) is 0 Å². The number of hydrogen-bond acceptors (Lipinski definition) is 3. The second kappa shape index (κ2) is 6.74. The van der Waals surface area contributed by atoms with Crippen LogP contribution in [0.3, 0.4) is 0 Å². The third kappa shape index (κ3) is 3.84. The van der Waals surface area contributed by atoms with E-state index >= 15 is 0 Å². The van der Waals surface area contributed by atoms with Crippen molar-refractivity contribution in [1.29, 1.82) is 0 Å². The summed E-state index contributed by atoms with van der Waals surface area (Å²) in [4.78, 5) is 19.7. The van der Waals surface area contributed by atoms with Crippen molar-refractivity contribution in [2.45, 2.75) is 25.9 Å². The zero-order chi connectivity index (χ0) is 14.4. The van der Waals surface area contributed by atoms with E-state index in [0.717, 1.165) is 0 Å². The number of carbonyl (C=O) groups excluding carboxylic acids is 1. The number of hydrogen-bond donors (Lipinski definition) is 2. The molecule has 2 aromatic rings. The summed E-state index contributed by atoms with van der Waals surface area (Å²) in [7, 11) is 0. The molecule has 2 atom stereocenters. The standard InChI is InChI=1S/C13H20N6O/c1-11(18-5-3-14-9-18)7-16-13(20)17-8-12(2)19-6-4-15-10-19/h3-6,9-12H,7-8H2,1-2H3,(H2,16,17,20). The molecule has 2 aromatic heterocycles. The van der Waals surface area contributed by atoms with Gasteiger partial charge in [0.25, 0.3) is 0 Å². The van der Waals surface area contributed by atoms with E-state index in [9.17, 15) is 4.79 Å². The van der Waals surface area contributed by atoms with E-state index < -0.39 is 0 Å². The van der Waals surface area contributed by atoms with Crippen molar-refractivity contribution in [3.05, 3.63) is 37.4 Å². The molecule has 0 aromatic carbocycles. The fourth-order valence-corrected chi connectivity index (χ4v) is 1.81. The average molecular weight is 276 g/mol. The van der Waals surface area contributed by atoms with Gasteiger partial charge in [-0.25, -0.2) is 14.8 Å². The van der Waals surface area contributed by atoms with Gasteiger partial charge in [-0.1, -0.05) is 0 Å². The minimum atomic E-state index is -0.163. The highest BCUT2D eigenvalue weighted by atomic mass is 16.2. The van der Waals surface area contributed by atoms with Crippen molar-refractivity contribution in [2.75, 3.05) is 13.1 Å². The molecule has 0 bridgehead atoms. The Kier molecular flexibility index (Phi) is 4.75. The molecule has 0 radical (unpaired) electrons. The molecule has 0 saturated carbocycles. The molecule has 2 heterocycles. The molecule has 0 aliphatic rings. The number of amides is 2. The van der Waals surface area contributed by atoms with Gasteiger partial charge in [-0.15, -0.1) is 0 Å². The highest BCUT2D eigenvalue weighted by Crippen LogP contribution is 2.03. The predicted octanol–water partition coefficient (Wildman–Crippen LogP) is 1.20. The van der Waals surface area contributed by atoms with Crippen molar-refractivity contribution in [3.63, 3.8) is 0 Å². The summed E-state index contributed by atoms with van der Waals surface area (Å²) in [6.07, 6.45) is 10.7. The second-order valence-corrected chi connectivity index (χ2v) is 4.81. The Morgan fingerprint density at radius 2 is 1.45 bits per heavy atom. The van der Waals surface area contributed by atoms with Crippen LogP contribution in [-0.4, -0.2) is 38.2 Å². The Balaban J connectivity index is 1.68. The summed E-state index contributed by atoms with van der Waals surface area (Å²) in [6, 6.07) is 0.188. The maximum atomic E-state index is 11.7. The van der Waals surface area contributed by atoms with E-state index in [1.54, 1.807) is 25.0 Å².